The summed E-state index contributed by atoms with van der Waals surface area (Å²) >= 11 is 1.59. The molecule has 1 N–H and O–H groups in total. The van der Waals surface area contributed by atoms with Gasteiger partial charge in [0, 0.05) is 12.6 Å². The van der Waals surface area contributed by atoms with E-state index in [-0.39, 0.29) is 0 Å². The fourth-order valence-electron chi connectivity index (χ4n) is 2.46. The summed E-state index contributed by atoms with van der Waals surface area (Å²) in [5.74, 6) is -0.152. The Labute approximate surface area is 117 Å². The second-order valence-electron chi connectivity index (χ2n) is 5.21. The molecule has 5 heteroatoms. The largest absolute Gasteiger partial charge is 0.478 e. The maximum Gasteiger partial charge on any atom is 0.328 e. The summed E-state index contributed by atoms with van der Waals surface area (Å²) < 4.78 is 0. The molecule has 2 heterocycles. The Morgan fingerprint density at radius 3 is 3.11 bits per heavy atom. The zero-order valence-electron chi connectivity index (χ0n) is 11.4. The van der Waals surface area contributed by atoms with Gasteiger partial charge in [-0.1, -0.05) is 6.92 Å². The molecule has 1 unspecified atom stereocenters. The lowest BCUT2D eigenvalue weighted by Gasteiger charge is -2.29. The minimum Gasteiger partial charge on any atom is -0.478 e. The first kappa shape index (κ1) is 14.2. The minimum atomic E-state index is -0.917. The average Bonchev–Trinajstić information content (AvgIpc) is 2.67. The predicted octanol–water partition coefficient (Wildman–Crippen LogP) is 2.78. The molecule has 1 aromatic heterocycles. The topological polar surface area (TPSA) is 53.4 Å². The number of aryl methyl sites for hydroxylation is 1. The van der Waals surface area contributed by atoms with Crippen molar-refractivity contribution in [3.8, 4) is 0 Å². The molecule has 1 saturated heterocycles. The summed E-state index contributed by atoms with van der Waals surface area (Å²) in [6, 6.07) is 0. The highest BCUT2D eigenvalue weighted by Crippen LogP contribution is 2.23. The third-order valence-electron chi connectivity index (χ3n) is 3.35. The van der Waals surface area contributed by atoms with Crippen molar-refractivity contribution >= 4 is 23.4 Å². The lowest BCUT2D eigenvalue weighted by molar-refractivity contribution is -0.131. The molecule has 0 aromatic carbocycles. The number of nitrogens with zero attached hydrogens (tertiary/aromatic N) is 2. The summed E-state index contributed by atoms with van der Waals surface area (Å²) in [5, 5.41) is 9.73. The van der Waals surface area contributed by atoms with Crippen molar-refractivity contribution in [3.63, 3.8) is 0 Å². The van der Waals surface area contributed by atoms with Gasteiger partial charge in [0.25, 0.3) is 0 Å². The molecule has 0 amide bonds. The van der Waals surface area contributed by atoms with Crippen LogP contribution in [0.1, 0.15) is 35.3 Å². The number of carboxylic acid groups (broad SMARTS) is 1. The van der Waals surface area contributed by atoms with Crippen LogP contribution in [-0.4, -0.2) is 34.0 Å². The second kappa shape index (κ2) is 6.30. The van der Waals surface area contributed by atoms with Crippen molar-refractivity contribution in [2.24, 2.45) is 5.92 Å². The first-order chi connectivity index (χ1) is 9.04. The van der Waals surface area contributed by atoms with Crippen LogP contribution in [0.3, 0.4) is 0 Å². The van der Waals surface area contributed by atoms with Crippen LogP contribution in [0.25, 0.3) is 6.08 Å². The van der Waals surface area contributed by atoms with Crippen LogP contribution < -0.4 is 0 Å². The molecule has 1 aromatic rings. The minimum absolute atomic E-state index is 0.765. The van der Waals surface area contributed by atoms with E-state index in [4.69, 9.17) is 5.11 Å². The molecular weight excluding hydrogens is 260 g/mol. The number of piperidine rings is 1. The van der Waals surface area contributed by atoms with Crippen molar-refractivity contribution in [1.29, 1.82) is 0 Å². The van der Waals surface area contributed by atoms with Gasteiger partial charge in [0.2, 0.25) is 0 Å². The zero-order valence-corrected chi connectivity index (χ0v) is 12.2. The third kappa shape index (κ3) is 4.14. The van der Waals surface area contributed by atoms with Crippen molar-refractivity contribution in [1.82, 2.24) is 9.88 Å². The van der Waals surface area contributed by atoms with Gasteiger partial charge < -0.3 is 5.11 Å². The average molecular weight is 280 g/mol. The Morgan fingerprint density at radius 2 is 2.42 bits per heavy atom. The Kier molecular flexibility index (Phi) is 4.71. The van der Waals surface area contributed by atoms with Gasteiger partial charge in [0.05, 0.1) is 17.1 Å². The first-order valence-electron chi connectivity index (χ1n) is 6.64. The van der Waals surface area contributed by atoms with Crippen molar-refractivity contribution in [2.75, 3.05) is 13.1 Å². The van der Waals surface area contributed by atoms with Gasteiger partial charge >= 0.3 is 5.97 Å². The number of hydrogen-bond acceptors (Lipinski definition) is 4. The number of rotatable bonds is 4. The van der Waals surface area contributed by atoms with Crippen molar-refractivity contribution < 1.29 is 9.90 Å². The van der Waals surface area contributed by atoms with E-state index in [1.807, 2.05) is 6.92 Å². The van der Waals surface area contributed by atoms with Gasteiger partial charge in [-0.15, -0.1) is 11.3 Å². The summed E-state index contributed by atoms with van der Waals surface area (Å²) in [6.45, 7) is 7.39. The van der Waals surface area contributed by atoms with E-state index in [0.29, 0.717) is 0 Å². The molecule has 0 aliphatic carbocycles. The lowest BCUT2D eigenvalue weighted by atomic mass is 10.0. The fourth-order valence-corrected chi connectivity index (χ4v) is 3.47. The first-order valence-corrected chi connectivity index (χ1v) is 7.46. The predicted molar refractivity (Wildman–Crippen MR) is 77.2 cm³/mol. The zero-order chi connectivity index (χ0) is 13.8. The third-order valence-corrected chi connectivity index (χ3v) is 4.46. The number of thiazole rings is 1. The Bertz CT molecular complexity index is 482. The molecule has 4 nitrogen and oxygen atoms in total. The normalized spacial score (nSPS) is 21.1. The van der Waals surface area contributed by atoms with Gasteiger partial charge in [-0.3, -0.25) is 4.90 Å². The van der Waals surface area contributed by atoms with Gasteiger partial charge in [0.1, 0.15) is 5.01 Å². The summed E-state index contributed by atoms with van der Waals surface area (Å²) in [5.41, 5.74) is 0.919. The molecule has 1 fully saturated rings. The van der Waals surface area contributed by atoms with Gasteiger partial charge in [-0.25, -0.2) is 9.78 Å². The van der Waals surface area contributed by atoms with E-state index in [9.17, 15) is 4.79 Å². The van der Waals surface area contributed by atoms with E-state index in [1.54, 1.807) is 17.4 Å². The molecule has 0 radical (unpaired) electrons. The van der Waals surface area contributed by atoms with Crippen LogP contribution in [0.15, 0.2) is 6.08 Å². The number of likely N-dealkylation sites (tertiary alicyclic amines) is 1. The van der Waals surface area contributed by atoms with Gasteiger partial charge in [-0.2, -0.15) is 0 Å². The van der Waals surface area contributed by atoms with Gasteiger partial charge in [-0.05, 0) is 38.3 Å². The Balaban J connectivity index is 2.01. The number of aromatic nitrogens is 1. The van der Waals surface area contributed by atoms with Crippen molar-refractivity contribution in [3.05, 3.63) is 21.7 Å². The maximum atomic E-state index is 10.5. The number of hydrogen-bond donors (Lipinski definition) is 1. The Hall–Kier alpha value is -1.20. The highest BCUT2D eigenvalue weighted by atomic mass is 32.1. The molecule has 0 spiro atoms. The van der Waals surface area contributed by atoms with Crippen LogP contribution in [0, 0.1) is 12.8 Å². The van der Waals surface area contributed by atoms with Crippen molar-refractivity contribution in [2.45, 2.75) is 33.2 Å². The molecule has 104 valence electrons. The molecule has 1 atom stereocenters. The van der Waals surface area contributed by atoms with E-state index in [2.05, 4.69) is 16.8 Å². The van der Waals surface area contributed by atoms with Crippen LogP contribution in [0.5, 0.6) is 0 Å². The monoisotopic (exact) mass is 280 g/mol. The van der Waals surface area contributed by atoms with Crippen LogP contribution >= 0.6 is 11.3 Å². The highest BCUT2D eigenvalue weighted by Gasteiger charge is 2.17. The van der Waals surface area contributed by atoms with Crippen LogP contribution in [0.4, 0.5) is 0 Å². The second-order valence-corrected chi connectivity index (χ2v) is 6.33. The molecule has 2 rings (SSSR count). The standard InChI is InChI=1S/C14H20N2O2S/c1-10-4-3-7-16(8-10)9-13-15-11(2)12(19-13)5-6-14(17)18/h5-6,10H,3-4,7-9H2,1-2H3,(H,17,18)/b6-5+. The smallest absolute Gasteiger partial charge is 0.328 e. The summed E-state index contributed by atoms with van der Waals surface area (Å²) in [4.78, 5) is 18.5. The van der Waals surface area contributed by atoms with Crippen LogP contribution in [0.2, 0.25) is 0 Å². The summed E-state index contributed by atoms with van der Waals surface area (Å²) in [6.07, 6.45) is 5.39. The molecule has 1 aliphatic rings. The molecule has 1 aliphatic heterocycles. The number of aliphatic carboxylic acids is 1. The molecule has 0 bridgehead atoms. The van der Waals surface area contributed by atoms with Gasteiger partial charge in [0.15, 0.2) is 0 Å². The van der Waals surface area contributed by atoms with E-state index in [0.717, 1.165) is 41.1 Å². The van der Waals surface area contributed by atoms with Crippen LogP contribution in [-0.2, 0) is 11.3 Å². The summed E-state index contributed by atoms with van der Waals surface area (Å²) in [7, 11) is 0. The van der Waals surface area contributed by atoms with E-state index < -0.39 is 5.97 Å². The maximum absolute atomic E-state index is 10.5. The molecule has 0 saturated carbocycles. The quantitative estimate of drug-likeness (QED) is 0.862. The number of carboxylic acids is 1. The van der Waals surface area contributed by atoms with E-state index in [1.165, 1.54) is 18.9 Å². The fraction of sp³-hybridized carbons (Fsp3) is 0.571. The SMILES string of the molecule is Cc1nc(CN2CCCC(C)C2)sc1/C=C/C(=O)O. The highest BCUT2D eigenvalue weighted by molar-refractivity contribution is 7.12. The lowest BCUT2D eigenvalue weighted by Crippen LogP contribution is -2.33. The molecule has 19 heavy (non-hydrogen) atoms. The van der Waals surface area contributed by atoms with E-state index >= 15 is 0 Å². The number of carbonyl (C=O) groups is 1. The Morgan fingerprint density at radius 1 is 1.63 bits per heavy atom. The molecular formula is C14H20N2O2S.